The Morgan fingerprint density at radius 3 is 2.80 bits per heavy atom. The SMILES string of the molecule is CC(C)COC(=O)NCCCC(N)=NO. The summed E-state index contributed by atoms with van der Waals surface area (Å²) in [6.45, 7) is 4.79. The van der Waals surface area contributed by atoms with Gasteiger partial charge in [-0.2, -0.15) is 0 Å². The fourth-order valence-electron chi connectivity index (χ4n) is 0.803. The molecule has 0 aromatic heterocycles. The van der Waals surface area contributed by atoms with Gasteiger partial charge in [0, 0.05) is 13.0 Å². The summed E-state index contributed by atoms with van der Waals surface area (Å²) in [5.41, 5.74) is 5.24. The van der Waals surface area contributed by atoms with Crippen LogP contribution in [-0.4, -0.2) is 30.3 Å². The third-order valence-electron chi connectivity index (χ3n) is 1.56. The number of amidine groups is 1. The van der Waals surface area contributed by atoms with E-state index in [1.165, 1.54) is 0 Å². The molecule has 0 saturated carbocycles. The van der Waals surface area contributed by atoms with Gasteiger partial charge in [0.25, 0.3) is 0 Å². The molecule has 0 spiro atoms. The summed E-state index contributed by atoms with van der Waals surface area (Å²) in [5.74, 6) is 0.486. The van der Waals surface area contributed by atoms with Gasteiger partial charge in [-0.25, -0.2) is 4.79 Å². The highest BCUT2D eigenvalue weighted by molar-refractivity contribution is 5.79. The Morgan fingerprint density at radius 1 is 1.60 bits per heavy atom. The molecule has 6 nitrogen and oxygen atoms in total. The van der Waals surface area contributed by atoms with Crippen LogP contribution < -0.4 is 11.1 Å². The van der Waals surface area contributed by atoms with Gasteiger partial charge < -0.3 is 21.0 Å². The van der Waals surface area contributed by atoms with E-state index in [2.05, 4.69) is 10.5 Å². The molecule has 0 aliphatic heterocycles. The third kappa shape index (κ3) is 8.86. The zero-order chi connectivity index (χ0) is 11.7. The van der Waals surface area contributed by atoms with Gasteiger partial charge in [0.1, 0.15) is 5.84 Å². The van der Waals surface area contributed by atoms with E-state index in [1.807, 2.05) is 13.8 Å². The van der Waals surface area contributed by atoms with Gasteiger partial charge in [0.2, 0.25) is 0 Å². The maximum atomic E-state index is 11.0. The molecule has 0 unspecified atom stereocenters. The van der Waals surface area contributed by atoms with Gasteiger partial charge in [0.15, 0.2) is 0 Å². The molecule has 0 aromatic rings. The number of amides is 1. The van der Waals surface area contributed by atoms with Crippen molar-refractivity contribution in [1.82, 2.24) is 5.32 Å². The normalized spacial score (nSPS) is 11.5. The number of hydrogen-bond donors (Lipinski definition) is 3. The first kappa shape index (κ1) is 13.5. The standard InChI is InChI=1S/C9H19N3O3/c1-7(2)6-15-9(13)11-5-3-4-8(10)12-14/h7,14H,3-6H2,1-2H3,(H2,10,12)(H,11,13). The summed E-state index contributed by atoms with van der Waals surface area (Å²) in [7, 11) is 0. The fourth-order valence-corrected chi connectivity index (χ4v) is 0.803. The fraction of sp³-hybridized carbons (Fsp3) is 0.778. The van der Waals surface area contributed by atoms with E-state index in [0.29, 0.717) is 31.9 Å². The minimum atomic E-state index is -0.428. The lowest BCUT2D eigenvalue weighted by Gasteiger charge is -2.08. The molecule has 0 aliphatic carbocycles. The summed E-state index contributed by atoms with van der Waals surface area (Å²) in [5, 5.41) is 13.6. The smallest absolute Gasteiger partial charge is 0.407 e. The molecule has 0 atom stereocenters. The number of nitrogens with zero attached hydrogens (tertiary/aromatic N) is 1. The first-order valence-electron chi connectivity index (χ1n) is 4.93. The van der Waals surface area contributed by atoms with Gasteiger partial charge in [-0.05, 0) is 12.3 Å². The van der Waals surface area contributed by atoms with Gasteiger partial charge in [-0.15, -0.1) is 0 Å². The Balaban J connectivity index is 3.39. The quantitative estimate of drug-likeness (QED) is 0.202. The second kappa shape index (κ2) is 7.90. The van der Waals surface area contributed by atoms with Crippen molar-refractivity contribution in [1.29, 1.82) is 0 Å². The molecule has 88 valence electrons. The largest absolute Gasteiger partial charge is 0.449 e. The van der Waals surface area contributed by atoms with Crippen molar-refractivity contribution >= 4 is 11.9 Å². The lowest BCUT2D eigenvalue weighted by Crippen LogP contribution is -2.27. The summed E-state index contributed by atoms with van der Waals surface area (Å²) >= 11 is 0. The summed E-state index contributed by atoms with van der Waals surface area (Å²) in [6, 6.07) is 0. The molecule has 4 N–H and O–H groups in total. The van der Waals surface area contributed by atoms with E-state index in [4.69, 9.17) is 15.7 Å². The molecular weight excluding hydrogens is 198 g/mol. The number of hydrogen-bond acceptors (Lipinski definition) is 4. The number of alkyl carbamates (subject to hydrolysis) is 1. The maximum Gasteiger partial charge on any atom is 0.407 e. The van der Waals surface area contributed by atoms with Crippen LogP contribution in [-0.2, 0) is 4.74 Å². The lowest BCUT2D eigenvalue weighted by atomic mass is 10.2. The first-order valence-corrected chi connectivity index (χ1v) is 4.93. The third-order valence-corrected chi connectivity index (χ3v) is 1.56. The Morgan fingerprint density at radius 2 is 2.27 bits per heavy atom. The molecule has 0 saturated heterocycles. The van der Waals surface area contributed by atoms with Crippen LogP contribution in [0.2, 0.25) is 0 Å². The minimum Gasteiger partial charge on any atom is -0.449 e. The molecule has 0 aliphatic rings. The van der Waals surface area contributed by atoms with Crippen molar-refractivity contribution < 1.29 is 14.7 Å². The molecule has 0 bridgehead atoms. The van der Waals surface area contributed by atoms with E-state index >= 15 is 0 Å². The Hall–Kier alpha value is -1.46. The van der Waals surface area contributed by atoms with Crippen molar-refractivity contribution in [3.8, 4) is 0 Å². The average molecular weight is 217 g/mol. The van der Waals surface area contributed by atoms with Crippen molar-refractivity contribution in [2.75, 3.05) is 13.2 Å². The molecule has 15 heavy (non-hydrogen) atoms. The Labute approximate surface area is 89.5 Å². The van der Waals surface area contributed by atoms with E-state index in [9.17, 15) is 4.79 Å². The Bertz CT molecular complexity index is 217. The topological polar surface area (TPSA) is 96.9 Å². The van der Waals surface area contributed by atoms with Crippen LogP contribution in [0, 0.1) is 5.92 Å². The number of nitrogens with one attached hydrogen (secondary N) is 1. The average Bonchev–Trinajstić information content (AvgIpc) is 2.21. The van der Waals surface area contributed by atoms with Crippen LogP contribution in [0.25, 0.3) is 0 Å². The second-order valence-electron chi connectivity index (χ2n) is 3.61. The van der Waals surface area contributed by atoms with E-state index in [-0.39, 0.29) is 5.84 Å². The van der Waals surface area contributed by atoms with Gasteiger partial charge in [-0.3, -0.25) is 0 Å². The number of carbonyl (C=O) groups excluding carboxylic acids is 1. The van der Waals surface area contributed by atoms with Gasteiger partial charge in [0.05, 0.1) is 6.61 Å². The van der Waals surface area contributed by atoms with Crippen LogP contribution >= 0.6 is 0 Å². The van der Waals surface area contributed by atoms with Crippen molar-refractivity contribution in [3.05, 3.63) is 0 Å². The second-order valence-corrected chi connectivity index (χ2v) is 3.61. The monoisotopic (exact) mass is 217 g/mol. The van der Waals surface area contributed by atoms with Crippen LogP contribution in [0.5, 0.6) is 0 Å². The summed E-state index contributed by atoms with van der Waals surface area (Å²) < 4.78 is 4.88. The maximum absolute atomic E-state index is 11.0. The zero-order valence-electron chi connectivity index (χ0n) is 9.19. The number of oxime groups is 1. The van der Waals surface area contributed by atoms with Crippen LogP contribution in [0.3, 0.4) is 0 Å². The van der Waals surface area contributed by atoms with Crippen molar-refractivity contribution in [2.45, 2.75) is 26.7 Å². The highest BCUT2D eigenvalue weighted by Gasteiger charge is 2.02. The summed E-state index contributed by atoms with van der Waals surface area (Å²) in [6.07, 6.45) is 0.636. The molecule has 0 radical (unpaired) electrons. The van der Waals surface area contributed by atoms with Crippen LogP contribution in [0.1, 0.15) is 26.7 Å². The zero-order valence-corrected chi connectivity index (χ0v) is 9.19. The van der Waals surface area contributed by atoms with E-state index in [1.54, 1.807) is 0 Å². The van der Waals surface area contributed by atoms with Crippen molar-refractivity contribution in [2.24, 2.45) is 16.8 Å². The molecule has 6 heteroatoms. The number of rotatable bonds is 6. The molecule has 0 fully saturated rings. The highest BCUT2D eigenvalue weighted by Crippen LogP contribution is 1.93. The van der Waals surface area contributed by atoms with Crippen molar-refractivity contribution in [3.63, 3.8) is 0 Å². The lowest BCUT2D eigenvalue weighted by molar-refractivity contribution is 0.133. The number of carbonyl (C=O) groups is 1. The van der Waals surface area contributed by atoms with E-state index in [0.717, 1.165) is 0 Å². The molecule has 0 rings (SSSR count). The van der Waals surface area contributed by atoms with Crippen LogP contribution in [0.4, 0.5) is 4.79 Å². The predicted octanol–water partition coefficient (Wildman–Crippen LogP) is 0.895. The first-order chi connectivity index (χ1) is 7.06. The molecule has 0 heterocycles. The minimum absolute atomic E-state index is 0.160. The number of nitrogens with two attached hydrogens (primary N) is 1. The van der Waals surface area contributed by atoms with Crippen LogP contribution in [0.15, 0.2) is 5.16 Å². The summed E-state index contributed by atoms with van der Waals surface area (Å²) in [4.78, 5) is 11.0. The predicted molar refractivity (Wildman–Crippen MR) is 56.8 cm³/mol. The molecule has 0 aromatic carbocycles. The van der Waals surface area contributed by atoms with Gasteiger partial charge >= 0.3 is 6.09 Å². The van der Waals surface area contributed by atoms with Gasteiger partial charge in [-0.1, -0.05) is 19.0 Å². The Kier molecular flexibility index (Phi) is 7.13. The molecular formula is C9H19N3O3. The van der Waals surface area contributed by atoms with E-state index < -0.39 is 6.09 Å². The molecule has 1 amide bonds. The number of ether oxygens (including phenoxy) is 1. The highest BCUT2D eigenvalue weighted by atomic mass is 16.5.